The Balaban J connectivity index is 2.62. The van der Waals surface area contributed by atoms with Crippen molar-refractivity contribution in [1.82, 2.24) is 9.97 Å². The van der Waals surface area contributed by atoms with E-state index in [0.29, 0.717) is 0 Å². The van der Waals surface area contributed by atoms with Crippen molar-refractivity contribution in [2.24, 2.45) is 0 Å². The predicted molar refractivity (Wildman–Crippen MR) is 66.0 cm³/mol. The molecule has 0 saturated heterocycles. The molecule has 5 nitrogen and oxygen atoms in total. The van der Waals surface area contributed by atoms with E-state index in [-0.39, 0.29) is 0 Å². The third-order valence-corrected chi connectivity index (χ3v) is 2.29. The van der Waals surface area contributed by atoms with Crippen LogP contribution in [-0.4, -0.2) is 43.3 Å². The van der Waals surface area contributed by atoms with Gasteiger partial charge in [0.2, 0.25) is 0 Å². The molecule has 0 aromatic carbocycles. The second-order valence-corrected chi connectivity index (χ2v) is 3.29. The van der Waals surface area contributed by atoms with Gasteiger partial charge >= 0.3 is 0 Å². The molecule has 16 heavy (non-hydrogen) atoms. The Hall–Kier alpha value is -1.36. The Bertz CT molecular complexity index is 306. The molecule has 1 aromatic heterocycles. The van der Waals surface area contributed by atoms with Crippen LogP contribution in [-0.2, 0) is 4.74 Å². The van der Waals surface area contributed by atoms with Crippen LogP contribution in [0.4, 0.5) is 11.6 Å². The van der Waals surface area contributed by atoms with Crippen molar-refractivity contribution < 1.29 is 4.74 Å². The number of likely N-dealkylation sites (N-methyl/N-ethyl adjacent to an activating group) is 1. The van der Waals surface area contributed by atoms with Crippen LogP contribution in [0.15, 0.2) is 12.4 Å². The first kappa shape index (κ1) is 12.7. The van der Waals surface area contributed by atoms with Gasteiger partial charge in [0.15, 0.2) is 0 Å². The lowest BCUT2D eigenvalue weighted by molar-refractivity contribution is 0.154. The van der Waals surface area contributed by atoms with Crippen molar-refractivity contribution in [3.8, 4) is 0 Å². The van der Waals surface area contributed by atoms with Crippen LogP contribution in [0.3, 0.4) is 0 Å². The monoisotopic (exact) mass is 224 g/mol. The Morgan fingerprint density at radius 2 is 2.19 bits per heavy atom. The summed E-state index contributed by atoms with van der Waals surface area (Å²) in [5.41, 5.74) is 0. The average Bonchev–Trinajstić information content (AvgIpc) is 2.35. The average molecular weight is 224 g/mol. The van der Waals surface area contributed by atoms with Crippen LogP contribution < -0.4 is 10.2 Å². The number of hydrogen-bond acceptors (Lipinski definition) is 5. The summed E-state index contributed by atoms with van der Waals surface area (Å²) in [4.78, 5) is 10.7. The second-order valence-electron chi connectivity index (χ2n) is 3.29. The highest BCUT2D eigenvalue weighted by Crippen LogP contribution is 2.11. The quantitative estimate of drug-likeness (QED) is 0.709. The number of nitrogens with one attached hydrogen (secondary N) is 1. The molecular formula is C11H20N4O. The minimum Gasteiger partial charge on any atom is -0.380 e. The van der Waals surface area contributed by atoms with Gasteiger partial charge in [-0.3, -0.25) is 4.98 Å². The number of nitrogens with zero attached hydrogens (tertiary/aromatic N) is 3. The maximum atomic E-state index is 5.34. The van der Waals surface area contributed by atoms with E-state index in [4.69, 9.17) is 4.74 Å². The van der Waals surface area contributed by atoms with Gasteiger partial charge in [-0.25, -0.2) is 4.98 Å². The van der Waals surface area contributed by atoms with E-state index in [1.165, 1.54) is 0 Å². The van der Waals surface area contributed by atoms with E-state index in [9.17, 15) is 0 Å². The summed E-state index contributed by atoms with van der Waals surface area (Å²) in [5, 5.41) is 2.98. The molecule has 0 aliphatic carbocycles. The molecule has 0 saturated carbocycles. The zero-order chi connectivity index (χ0) is 11.8. The second kappa shape index (κ2) is 7.00. The lowest BCUT2D eigenvalue weighted by Crippen LogP contribution is -2.28. The summed E-state index contributed by atoms with van der Waals surface area (Å²) < 4.78 is 5.34. The molecule has 0 aliphatic rings. The number of aromatic nitrogens is 2. The highest BCUT2D eigenvalue weighted by atomic mass is 16.5. The van der Waals surface area contributed by atoms with Gasteiger partial charge in [-0.05, 0) is 13.8 Å². The first-order valence-electron chi connectivity index (χ1n) is 5.64. The zero-order valence-corrected chi connectivity index (χ0v) is 10.2. The molecule has 0 bridgehead atoms. The lowest BCUT2D eigenvalue weighted by Gasteiger charge is -2.21. The number of ether oxygens (including phenoxy) is 1. The van der Waals surface area contributed by atoms with Crippen molar-refractivity contribution in [2.45, 2.75) is 13.8 Å². The normalized spacial score (nSPS) is 10.2. The van der Waals surface area contributed by atoms with Gasteiger partial charge in [0.1, 0.15) is 11.6 Å². The standard InChI is InChI=1S/C11H20N4O/c1-4-15(6-7-16-5-2)11-9-13-8-10(12-3)14-11/h8-9H,4-7H2,1-3H3,(H,12,14). The molecule has 1 rings (SSSR count). The van der Waals surface area contributed by atoms with Gasteiger partial charge < -0.3 is 15.0 Å². The van der Waals surface area contributed by atoms with Crippen LogP contribution >= 0.6 is 0 Å². The molecule has 1 heterocycles. The Labute approximate surface area is 96.8 Å². The number of anilines is 2. The Morgan fingerprint density at radius 1 is 1.38 bits per heavy atom. The first-order valence-corrected chi connectivity index (χ1v) is 5.64. The molecular weight excluding hydrogens is 204 g/mol. The summed E-state index contributed by atoms with van der Waals surface area (Å²) in [6.07, 6.45) is 3.48. The SMILES string of the molecule is CCOCCN(CC)c1cncc(NC)n1. The third-order valence-electron chi connectivity index (χ3n) is 2.29. The highest BCUT2D eigenvalue weighted by Gasteiger charge is 2.06. The van der Waals surface area contributed by atoms with Gasteiger partial charge in [-0.1, -0.05) is 0 Å². The van der Waals surface area contributed by atoms with Crippen LogP contribution in [0.25, 0.3) is 0 Å². The van der Waals surface area contributed by atoms with E-state index in [1.54, 1.807) is 12.4 Å². The van der Waals surface area contributed by atoms with E-state index in [1.807, 2.05) is 14.0 Å². The molecule has 90 valence electrons. The Morgan fingerprint density at radius 3 is 2.81 bits per heavy atom. The maximum absolute atomic E-state index is 5.34. The van der Waals surface area contributed by atoms with Crippen LogP contribution in [0.5, 0.6) is 0 Å². The van der Waals surface area contributed by atoms with Gasteiger partial charge in [0.05, 0.1) is 19.0 Å². The maximum Gasteiger partial charge on any atom is 0.149 e. The van der Waals surface area contributed by atoms with Crippen molar-refractivity contribution in [3.63, 3.8) is 0 Å². The molecule has 1 aromatic rings. The van der Waals surface area contributed by atoms with E-state index in [0.717, 1.165) is 37.9 Å². The fraction of sp³-hybridized carbons (Fsp3) is 0.636. The zero-order valence-electron chi connectivity index (χ0n) is 10.2. The van der Waals surface area contributed by atoms with Crippen molar-refractivity contribution >= 4 is 11.6 Å². The van der Waals surface area contributed by atoms with Crippen molar-refractivity contribution in [1.29, 1.82) is 0 Å². The number of hydrogen-bond donors (Lipinski definition) is 1. The van der Waals surface area contributed by atoms with Gasteiger partial charge in [0, 0.05) is 26.7 Å². The summed E-state index contributed by atoms with van der Waals surface area (Å²) in [5.74, 6) is 1.67. The van der Waals surface area contributed by atoms with Gasteiger partial charge in [-0.2, -0.15) is 0 Å². The largest absolute Gasteiger partial charge is 0.380 e. The van der Waals surface area contributed by atoms with Gasteiger partial charge in [-0.15, -0.1) is 0 Å². The van der Waals surface area contributed by atoms with Crippen molar-refractivity contribution in [3.05, 3.63) is 12.4 Å². The predicted octanol–water partition coefficient (Wildman–Crippen LogP) is 1.38. The molecule has 1 N–H and O–H groups in total. The topological polar surface area (TPSA) is 50.3 Å². The first-order chi connectivity index (χ1) is 7.81. The highest BCUT2D eigenvalue weighted by molar-refractivity contribution is 5.43. The van der Waals surface area contributed by atoms with Crippen LogP contribution in [0.2, 0.25) is 0 Å². The summed E-state index contributed by atoms with van der Waals surface area (Å²) in [7, 11) is 1.84. The third kappa shape index (κ3) is 3.66. The molecule has 0 fully saturated rings. The molecule has 0 atom stereocenters. The Kier molecular flexibility index (Phi) is 5.56. The smallest absolute Gasteiger partial charge is 0.149 e. The van der Waals surface area contributed by atoms with Crippen molar-refractivity contribution in [2.75, 3.05) is 43.6 Å². The summed E-state index contributed by atoms with van der Waals surface area (Å²) >= 11 is 0. The molecule has 0 amide bonds. The van der Waals surface area contributed by atoms with Gasteiger partial charge in [0.25, 0.3) is 0 Å². The molecule has 0 unspecified atom stereocenters. The minimum absolute atomic E-state index is 0.718. The van der Waals surface area contributed by atoms with E-state index in [2.05, 4.69) is 27.1 Å². The fourth-order valence-corrected chi connectivity index (χ4v) is 1.38. The molecule has 5 heteroatoms. The van der Waals surface area contributed by atoms with E-state index >= 15 is 0 Å². The molecule has 0 spiro atoms. The lowest BCUT2D eigenvalue weighted by atomic mass is 10.4. The van der Waals surface area contributed by atoms with E-state index < -0.39 is 0 Å². The van der Waals surface area contributed by atoms with Crippen LogP contribution in [0, 0.1) is 0 Å². The minimum atomic E-state index is 0.718. The summed E-state index contributed by atoms with van der Waals surface area (Å²) in [6.45, 7) is 7.30. The fourth-order valence-electron chi connectivity index (χ4n) is 1.38. The van der Waals surface area contributed by atoms with Crippen LogP contribution in [0.1, 0.15) is 13.8 Å². The number of rotatable bonds is 7. The molecule has 0 radical (unpaired) electrons. The molecule has 0 aliphatic heterocycles. The summed E-state index contributed by atoms with van der Waals surface area (Å²) in [6, 6.07) is 0.